The van der Waals surface area contributed by atoms with Gasteiger partial charge in [0, 0.05) is 0 Å². The van der Waals surface area contributed by atoms with Crippen molar-refractivity contribution < 1.29 is 31.8 Å². The number of halogens is 4. The smallest absolute Gasteiger partial charge is 0.437 e. The Morgan fingerprint density at radius 1 is 1.31 bits per heavy atom. The molecule has 0 amide bonds. The molecule has 0 saturated carbocycles. The Balaban J connectivity index is 2.96. The van der Waals surface area contributed by atoms with Crippen LogP contribution in [0.3, 0.4) is 0 Å². The molecule has 0 atom stereocenters. The van der Waals surface area contributed by atoms with Crippen molar-refractivity contribution in [1.29, 1.82) is 0 Å². The Bertz CT molecular complexity index is 400. The van der Waals surface area contributed by atoms with Gasteiger partial charge in [0.1, 0.15) is 0 Å². The fourth-order valence-corrected chi connectivity index (χ4v) is 0.891. The molecule has 0 N–H and O–H groups in total. The zero-order valence-electron chi connectivity index (χ0n) is 7.97. The van der Waals surface area contributed by atoms with Gasteiger partial charge in [-0.05, 0) is 18.2 Å². The van der Waals surface area contributed by atoms with Crippen LogP contribution in [0.15, 0.2) is 18.2 Å². The van der Waals surface area contributed by atoms with E-state index >= 15 is 0 Å². The minimum atomic E-state index is -4.65. The Morgan fingerprint density at radius 3 is 2.38 bits per heavy atom. The molecule has 1 rings (SSSR count). The zero-order chi connectivity index (χ0) is 12.3. The third-order valence-corrected chi connectivity index (χ3v) is 1.62. The summed E-state index contributed by atoms with van der Waals surface area (Å²) in [6, 6.07) is 1.54. The van der Waals surface area contributed by atoms with E-state index in [1.54, 1.807) is 0 Å². The third-order valence-electron chi connectivity index (χ3n) is 1.62. The highest BCUT2D eigenvalue weighted by Crippen LogP contribution is 2.31. The molecule has 1 aromatic rings. The number of hydrogen-bond donors (Lipinski definition) is 0. The van der Waals surface area contributed by atoms with E-state index in [1.165, 1.54) is 0 Å². The van der Waals surface area contributed by atoms with Gasteiger partial charge in [-0.15, -0.1) is 0 Å². The van der Waals surface area contributed by atoms with Gasteiger partial charge in [-0.1, -0.05) is 0 Å². The molecular formula is C9H6F4O3. The average Bonchev–Trinajstić information content (AvgIpc) is 2.19. The standard InChI is InChI=1S/C9H6F4O3/c1-15-8(14)16-7-3-2-5(4-6(7)10)9(11,12)13/h2-4H,1H3. The van der Waals surface area contributed by atoms with Crippen LogP contribution < -0.4 is 4.74 Å². The normalized spacial score (nSPS) is 11.1. The van der Waals surface area contributed by atoms with Crippen molar-refractivity contribution >= 4 is 6.16 Å². The summed E-state index contributed by atoms with van der Waals surface area (Å²) in [6.07, 6.45) is -5.86. The molecule has 0 spiro atoms. The molecule has 7 heteroatoms. The van der Waals surface area contributed by atoms with Crippen molar-refractivity contribution in [3.8, 4) is 5.75 Å². The highest BCUT2D eigenvalue weighted by atomic mass is 19.4. The summed E-state index contributed by atoms with van der Waals surface area (Å²) in [6.45, 7) is 0. The number of carbonyl (C=O) groups is 1. The number of rotatable bonds is 1. The number of hydrogen-bond acceptors (Lipinski definition) is 3. The van der Waals surface area contributed by atoms with Crippen LogP contribution in [0, 0.1) is 5.82 Å². The first kappa shape index (κ1) is 12.3. The molecule has 0 heterocycles. The summed E-state index contributed by atoms with van der Waals surface area (Å²) in [5.41, 5.74) is -1.16. The largest absolute Gasteiger partial charge is 0.513 e. The van der Waals surface area contributed by atoms with Crippen LogP contribution in [-0.2, 0) is 10.9 Å². The van der Waals surface area contributed by atoms with Crippen LogP contribution in [0.5, 0.6) is 5.75 Å². The van der Waals surface area contributed by atoms with Crippen molar-refractivity contribution in [2.45, 2.75) is 6.18 Å². The minimum absolute atomic E-state index is 0.234. The lowest BCUT2D eigenvalue weighted by molar-refractivity contribution is -0.137. The summed E-state index contributed by atoms with van der Waals surface area (Å²) in [5, 5.41) is 0. The lowest BCUT2D eigenvalue weighted by Gasteiger charge is -2.08. The molecule has 0 unspecified atom stereocenters. The van der Waals surface area contributed by atoms with E-state index in [4.69, 9.17) is 0 Å². The number of carbonyl (C=O) groups excluding carboxylic acids is 1. The van der Waals surface area contributed by atoms with Crippen molar-refractivity contribution in [3.05, 3.63) is 29.6 Å². The first-order chi connectivity index (χ1) is 7.34. The second-order valence-corrected chi connectivity index (χ2v) is 2.70. The predicted molar refractivity (Wildman–Crippen MR) is 44.4 cm³/mol. The van der Waals surface area contributed by atoms with E-state index in [2.05, 4.69) is 9.47 Å². The molecule has 0 aromatic heterocycles. The molecule has 0 aliphatic carbocycles. The number of alkyl halides is 3. The summed E-state index contributed by atoms with van der Waals surface area (Å²) in [5.74, 6) is -1.92. The van der Waals surface area contributed by atoms with Crippen LogP contribution >= 0.6 is 0 Å². The van der Waals surface area contributed by atoms with Crippen molar-refractivity contribution in [1.82, 2.24) is 0 Å². The molecule has 0 radical (unpaired) electrons. The van der Waals surface area contributed by atoms with Crippen LogP contribution in [0.1, 0.15) is 5.56 Å². The number of ether oxygens (including phenoxy) is 2. The first-order valence-corrected chi connectivity index (χ1v) is 3.97. The van der Waals surface area contributed by atoms with E-state index in [9.17, 15) is 22.4 Å². The molecule has 0 aliphatic heterocycles. The Hall–Kier alpha value is -1.79. The molecule has 0 saturated heterocycles. The van der Waals surface area contributed by atoms with E-state index in [1.807, 2.05) is 0 Å². The quantitative estimate of drug-likeness (QED) is 0.428. The maximum absolute atomic E-state index is 13.0. The van der Waals surface area contributed by atoms with Gasteiger partial charge in [0.15, 0.2) is 11.6 Å². The van der Waals surface area contributed by atoms with E-state index in [0.29, 0.717) is 12.1 Å². The monoisotopic (exact) mass is 238 g/mol. The van der Waals surface area contributed by atoms with Crippen molar-refractivity contribution in [2.24, 2.45) is 0 Å². The zero-order valence-corrected chi connectivity index (χ0v) is 7.97. The van der Waals surface area contributed by atoms with Crippen molar-refractivity contribution in [2.75, 3.05) is 7.11 Å². The van der Waals surface area contributed by atoms with Crippen LogP contribution in [0.2, 0.25) is 0 Å². The summed E-state index contributed by atoms with van der Waals surface area (Å²) >= 11 is 0. The van der Waals surface area contributed by atoms with Crippen molar-refractivity contribution in [3.63, 3.8) is 0 Å². The fraction of sp³-hybridized carbons (Fsp3) is 0.222. The van der Waals surface area contributed by atoms with Crippen LogP contribution in [0.4, 0.5) is 22.4 Å². The molecule has 88 valence electrons. The molecule has 0 aliphatic rings. The van der Waals surface area contributed by atoms with E-state index < -0.39 is 29.5 Å². The third kappa shape index (κ3) is 2.85. The minimum Gasteiger partial charge on any atom is -0.437 e. The molecular weight excluding hydrogens is 232 g/mol. The molecule has 1 aromatic carbocycles. The lowest BCUT2D eigenvalue weighted by atomic mass is 10.2. The SMILES string of the molecule is COC(=O)Oc1ccc(C(F)(F)F)cc1F. The summed E-state index contributed by atoms with van der Waals surface area (Å²) in [4.78, 5) is 10.6. The molecule has 16 heavy (non-hydrogen) atoms. The number of benzene rings is 1. The lowest BCUT2D eigenvalue weighted by Crippen LogP contribution is -2.10. The average molecular weight is 238 g/mol. The molecule has 0 bridgehead atoms. The summed E-state index contributed by atoms with van der Waals surface area (Å²) in [7, 11) is 0.990. The highest BCUT2D eigenvalue weighted by Gasteiger charge is 2.31. The molecule has 0 fully saturated rings. The number of methoxy groups -OCH3 is 1. The van der Waals surface area contributed by atoms with Crippen LogP contribution in [0.25, 0.3) is 0 Å². The maximum atomic E-state index is 13.0. The van der Waals surface area contributed by atoms with Gasteiger partial charge in [-0.25, -0.2) is 9.18 Å². The highest BCUT2D eigenvalue weighted by molar-refractivity contribution is 5.63. The van der Waals surface area contributed by atoms with Gasteiger partial charge in [0.2, 0.25) is 0 Å². The fourth-order valence-electron chi connectivity index (χ4n) is 0.891. The van der Waals surface area contributed by atoms with E-state index in [-0.39, 0.29) is 6.07 Å². The van der Waals surface area contributed by atoms with Gasteiger partial charge in [0.05, 0.1) is 12.7 Å². The van der Waals surface area contributed by atoms with Gasteiger partial charge in [-0.2, -0.15) is 13.2 Å². The van der Waals surface area contributed by atoms with Gasteiger partial charge < -0.3 is 9.47 Å². The Labute approximate surface area is 87.6 Å². The van der Waals surface area contributed by atoms with E-state index in [0.717, 1.165) is 7.11 Å². The van der Waals surface area contributed by atoms with Gasteiger partial charge in [0.25, 0.3) is 0 Å². The first-order valence-electron chi connectivity index (χ1n) is 3.97. The Kier molecular flexibility index (Phi) is 3.36. The van der Waals surface area contributed by atoms with Gasteiger partial charge in [-0.3, -0.25) is 0 Å². The Morgan fingerprint density at radius 2 is 1.94 bits per heavy atom. The maximum Gasteiger partial charge on any atom is 0.513 e. The predicted octanol–water partition coefficient (Wildman–Crippen LogP) is 2.99. The topological polar surface area (TPSA) is 35.5 Å². The second kappa shape index (κ2) is 4.38. The van der Waals surface area contributed by atoms with Crippen LogP contribution in [-0.4, -0.2) is 13.3 Å². The molecule has 3 nitrogen and oxygen atoms in total. The second-order valence-electron chi connectivity index (χ2n) is 2.70. The van der Waals surface area contributed by atoms with Gasteiger partial charge >= 0.3 is 12.3 Å². The summed E-state index contributed by atoms with van der Waals surface area (Å²) < 4.78 is 57.7.